The molecule has 0 heterocycles. The number of halogens is 1. The van der Waals surface area contributed by atoms with Gasteiger partial charge in [0.05, 0.1) is 17.1 Å². The van der Waals surface area contributed by atoms with Crippen LogP contribution in [0.5, 0.6) is 11.5 Å². The smallest absolute Gasteiger partial charge is 0.319 e. The van der Waals surface area contributed by atoms with Crippen molar-refractivity contribution in [1.82, 2.24) is 5.32 Å². The van der Waals surface area contributed by atoms with Crippen molar-refractivity contribution in [2.24, 2.45) is 0 Å². The molecule has 24 heavy (non-hydrogen) atoms. The molecule has 0 saturated heterocycles. The molecule has 2 N–H and O–H groups in total. The van der Waals surface area contributed by atoms with Crippen LogP contribution in [0.4, 0.5) is 10.5 Å². The lowest BCUT2D eigenvalue weighted by Gasteiger charge is -2.11. The average Bonchev–Trinajstić information content (AvgIpc) is 2.54. The van der Waals surface area contributed by atoms with Gasteiger partial charge in [-0.05, 0) is 66.2 Å². The normalized spacial score (nSPS) is 10.3. The lowest BCUT2D eigenvalue weighted by molar-refractivity contribution is 0.242. The van der Waals surface area contributed by atoms with Crippen molar-refractivity contribution in [1.29, 1.82) is 0 Å². The standard InChI is InChI=1S/C18H21BrN2O3/c1-13(2)24-15-9-7-14(8-10-15)21-18(22)20-11-12-23-17-6-4-3-5-16(17)19/h3-10,13H,11-12H2,1-2H3,(H2,20,21,22). The van der Waals surface area contributed by atoms with Crippen molar-refractivity contribution in [3.63, 3.8) is 0 Å². The fourth-order valence-corrected chi connectivity index (χ4v) is 2.35. The van der Waals surface area contributed by atoms with E-state index in [1.807, 2.05) is 50.2 Å². The molecule has 0 fully saturated rings. The summed E-state index contributed by atoms with van der Waals surface area (Å²) >= 11 is 3.41. The second kappa shape index (κ2) is 9.17. The van der Waals surface area contributed by atoms with Gasteiger partial charge >= 0.3 is 6.03 Å². The van der Waals surface area contributed by atoms with Gasteiger partial charge in [0.1, 0.15) is 18.1 Å². The van der Waals surface area contributed by atoms with Crippen molar-refractivity contribution in [3.05, 3.63) is 53.0 Å². The van der Waals surface area contributed by atoms with E-state index in [-0.39, 0.29) is 12.1 Å². The number of para-hydroxylation sites is 1. The van der Waals surface area contributed by atoms with Crippen molar-refractivity contribution in [2.45, 2.75) is 20.0 Å². The molecule has 0 aliphatic carbocycles. The predicted octanol–water partition coefficient (Wildman–Crippen LogP) is 4.44. The molecule has 0 saturated carbocycles. The second-order valence-electron chi connectivity index (χ2n) is 5.35. The number of urea groups is 1. The molecule has 0 atom stereocenters. The van der Waals surface area contributed by atoms with E-state index < -0.39 is 0 Å². The Morgan fingerprint density at radius 2 is 1.83 bits per heavy atom. The Balaban J connectivity index is 1.70. The molecule has 2 aromatic carbocycles. The van der Waals surface area contributed by atoms with Crippen LogP contribution in [-0.4, -0.2) is 25.3 Å². The number of carbonyl (C=O) groups is 1. The maximum Gasteiger partial charge on any atom is 0.319 e. The van der Waals surface area contributed by atoms with Gasteiger partial charge in [-0.1, -0.05) is 12.1 Å². The average molecular weight is 393 g/mol. The van der Waals surface area contributed by atoms with Gasteiger partial charge in [-0.25, -0.2) is 4.79 Å². The van der Waals surface area contributed by atoms with Crippen LogP contribution >= 0.6 is 15.9 Å². The summed E-state index contributed by atoms with van der Waals surface area (Å²) in [6.07, 6.45) is 0.122. The summed E-state index contributed by atoms with van der Waals surface area (Å²) in [6, 6.07) is 14.6. The Bertz CT molecular complexity index is 660. The first kappa shape index (κ1) is 18.1. The van der Waals surface area contributed by atoms with E-state index in [1.165, 1.54) is 0 Å². The Morgan fingerprint density at radius 3 is 2.50 bits per heavy atom. The SMILES string of the molecule is CC(C)Oc1ccc(NC(=O)NCCOc2ccccc2Br)cc1. The summed E-state index contributed by atoms with van der Waals surface area (Å²) in [5.41, 5.74) is 0.704. The second-order valence-corrected chi connectivity index (χ2v) is 6.21. The van der Waals surface area contributed by atoms with Gasteiger partial charge < -0.3 is 20.1 Å². The van der Waals surface area contributed by atoms with Crippen molar-refractivity contribution < 1.29 is 14.3 Å². The first-order valence-corrected chi connectivity index (χ1v) is 8.53. The lowest BCUT2D eigenvalue weighted by atomic mass is 10.3. The Labute approximate surface area is 150 Å². The Morgan fingerprint density at radius 1 is 1.12 bits per heavy atom. The zero-order valence-corrected chi connectivity index (χ0v) is 15.3. The molecule has 128 valence electrons. The lowest BCUT2D eigenvalue weighted by Crippen LogP contribution is -2.32. The molecule has 0 unspecified atom stereocenters. The van der Waals surface area contributed by atoms with Gasteiger partial charge in [-0.2, -0.15) is 0 Å². The molecule has 0 aromatic heterocycles. The summed E-state index contributed by atoms with van der Waals surface area (Å²) < 4.78 is 12.0. The molecule has 0 aliphatic heterocycles. The van der Waals surface area contributed by atoms with Gasteiger partial charge in [0.2, 0.25) is 0 Å². The van der Waals surface area contributed by atoms with Gasteiger partial charge in [0.15, 0.2) is 0 Å². The van der Waals surface area contributed by atoms with Crippen LogP contribution in [0.15, 0.2) is 53.0 Å². The third-order valence-electron chi connectivity index (χ3n) is 2.97. The summed E-state index contributed by atoms with van der Waals surface area (Å²) in [7, 11) is 0. The van der Waals surface area contributed by atoms with E-state index in [0.29, 0.717) is 18.8 Å². The van der Waals surface area contributed by atoms with Crippen LogP contribution in [-0.2, 0) is 0 Å². The van der Waals surface area contributed by atoms with Crippen LogP contribution < -0.4 is 20.1 Å². The van der Waals surface area contributed by atoms with Gasteiger partial charge in [-0.3, -0.25) is 0 Å². The molecule has 2 aromatic rings. The number of rotatable bonds is 7. The Kier molecular flexibility index (Phi) is 6.93. The summed E-state index contributed by atoms with van der Waals surface area (Å²) in [5, 5.41) is 5.51. The van der Waals surface area contributed by atoms with Crippen LogP contribution in [0.25, 0.3) is 0 Å². The highest BCUT2D eigenvalue weighted by Gasteiger charge is 2.03. The number of carbonyl (C=O) groups excluding carboxylic acids is 1. The molecule has 2 amide bonds. The number of nitrogens with one attached hydrogen (secondary N) is 2. The highest BCUT2D eigenvalue weighted by molar-refractivity contribution is 9.10. The molecule has 0 spiro atoms. The largest absolute Gasteiger partial charge is 0.491 e. The molecular formula is C18H21BrN2O3. The van der Waals surface area contributed by atoms with Gasteiger partial charge in [-0.15, -0.1) is 0 Å². The quantitative estimate of drug-likeness (QED) is 0.684. The third-order valence-corrected chi connectivity index (χ3v) is 3.62. The van der Waals surface area contributed by atoms with Crippen LogP contribution in [0.1, 0.15) is 13.8 Å². The summed E-state index contributed by atoms with van der Waals surface area (Å²) in [5.74, 6) is 1.53. The van der Waals surface area contributed by atoms with Crippen molar-refractivity contribution in [3.8, 4) is 11.5 Å². The highest BCUT2D eigenvalue weighted by atomic mass is 79.9. The van der Waals surface area contributed by atoms with E-state index >= 15 is 0 Å². The van der Waals surface area contributed by atoms with Crippen LogP contribution in [0, 0.1) is 0 Å². The molecule has 6 heteroatoms. The molecular weight excluding hydrogens is 372 g/mol. The maximum absolute atomic E-state index is 11.8. The monoisotopic (exact) mass is 392 g/mol. The highest BCUT2D eigenvalue weighted by Crippen LogP contribution is 2.23. The minimum absolute atomic E-state index is 0.122. The molecule has 0 aliphatic rings. The first-order valence-electron chi connectivity index (χ1n) is 7.73. The zero-order chi connectivity index (χ0) is 17.4. The number of amides is 2. The molecule has 0 radical (unpaired) electrons. The first-order chi connectivity index (χ1) is 11.5. The molecule has 0 bridgehead atoms. The van der Waals surface area contributed by atoms with E-state index in [0.717, 1.165) is 16.0 Å². The van der Waals surface area contributed by atoms with Crippen LogP contribution in [0.3, 0.4) is 0 Å². The van der Waals surface area contributed by atoms with Crippen molar-refractivity contribution in [2.75, 3.05) is 18.5 Å². The number of benzene rings is 2. The zero-order valence-electron chi connectivity index (χ0n) is 13.7. The summed E-state index contributed by atoms with van der Waals surface area (Å²) in [6.45, 7) is 4.73. The molecule has 2 rings (SSSR count). The maximum atomic E-state index is 11.8. The third kappa shape index (κ3) is 6.12. The van der Waals surface area contributed by atoms with Gasteiger partial charge in [0, 0.05) is 5.69 Å². The van der Waals surface area contributed by atoms with E-state index in [9.17, 15) is 4.79 Å². The van der Waals surface area contributed by atoms with E-state index in [4.69, 9.17) is 9.47 Å². The minimum atomic E-state index is -0.275. The predicted molar refractivity (Wildman–Crippen MR) is 98.9 cm³/mol. The number of hydrogen-bond donors (Lipinski definition) is 2. The fourth-order valence-electron chi connectivity index (χ4n) is 1.95. The number of hydrogen-bond acceptors (Lipinski definition) is 3. The number of ether oxygens (including phenoxy) is 2. The Hall–Kier alpha value is -2.21. The molecule has 5 nitrogen and oxygen atoms in total. The van der Waals surface area contributed by atoms with Crippen molar-refractivity contribution >= 4 is 27.6 Å². The topological polar surface area (TPSA) is 59.6 Å². The summed E-state index contributed by atoms with van der Waals surface area (Å²) in [4.78, 5) is 11.8. The van der Waals surface area contributed by atoms with Gasteiger partial charge in [0.25, 0.3) is 0 Å². The minimum Gasteiger partial charge on any atom is -0.491 e. The fraction of sp³-hybridized carbons (Fsp3) is 0.278. The van der Waals surface area contributed by atoms with E-state index in [1.54, 1.807) is 12.1 Å². The van der Waals surface area contributed by atoms with E-state index in [2.05, 4.69) is 26.6 Å². The number of anilines is 1. The van der Waals surface area contributed by atoms with Crippen LogP contribution in [0.2, 0.25) is 0 Å².